The van der Waals surface area contributed by atoms with Gasteiger partial charge in [0.05, 0.1) is 33.6 Å². The molecular formula is C28H27N9O4S. The Bertz CT molecular complexity index is 1700. The molecular weight excluding hydrogens is 558 g/mol. The number of benzene rings is 3. The molecule has 13 nitrogen and oxygen atoms in total. The van der Waals surface area contributed by atoms with Gasteiger partial charge in [-0.1, -0.05) is 55.8 Å². The van der Waals surface area contributed by atoms with Gasteiger partial charge in [0.15, 0.2) is 0 Å². The van der Waals surface area contributed by atoms with Crippen molar-refractivity contribution in [3.8, 4) is 11.4 Å². The summed E-state index contributed by atoms with van der Waals surface area (Å²) in [6.45, 7) is 2.48. The summed E-state index contributed by atoms with van der Waals surface area (Å²) in [5.41, 5.74) is 3.15. The zero-order valence-corrected chi connectivity index (χ0v) is 23.5. The number of nitrogens with zero attached hydrogens (tertiary/aromatic N) is 7. The summed E-state index contributed by atoms with van der Waals surface area (Å²) in [6, 6.07) is 20.4. The molecule has 0 fully saturated rings. The zero-order chi connectivity index (χ0) is 29.5. The molecule has 2 heterocycles. The number of nitro benzene ring substituents is 1. The number of non-ortho nitro benzene ring substituents is 1. The van der Waals surface area contributed by atoms with Crippen LogP contribution in [-0.2, 0) is 29.5 Å². The first kappa shape index (κ1) is 28.4. The van der Waals surface area contributed by atoms with Crippen LogP contribution in [-0.4, -0.2) is 50.4 Å². The molecule has 3 aromatic carbocycles. The van der Waals surface area contributed by atoms with Crippen molar-refractivity contribution >= 4 is 28.1 Å². The molecule has 5 rings (SSSR count). The predicted molar refractivity (Wildman–Crippen MR) is 155 cm³/mol. The Balaban J connectivity index is 1.32. The number of H-pyrrole nitrogens is 1. The fourth-order valence-electron chi connectivity index (χ4n) is 4.32. The van der Waals surface area contributed by atoms with Crippen LogP contribution in [0.25, 0.3) is 11.4 Å². The standard InChI is InChI=1S/C28H27N9O4S/c1-2-3-8-25-30-33-28(42(41)18-20-11-15-22(16-12-20)37(39)40)36(25)17-19-9-13-21(14-10-19)29-27(38)24-7-5-4-6-23(24)26-31-34-35-32-26/h4-7,9-16H,2-3,8,17-18H2,1H3,(H,29,38)(H,31,32,34,35). The van der Waals surface area contributed by atoms with Gasteiger partial charge in [0, 0.05) is 29.8 Å². The van der Waals surface area contributed by atoms with E-state index in [1.54, 1.807) is 48.5 Å². The van der Waals surface area contributed by atoms with Crippen molar-refractivity contribution in [2.75, 3.05) is 5.32 Å². The number of unbranched alkanes of at least 4 members (excludes halogenated alkanes) is 1. The number of nitro groups is 1. The summed E-state index contributed by atoms with van der Waals surface area (Å²) >= 11 is 0. The lowest BCUT2D eigenvalue weighted by Gasteiger charge is -2.12. The molecule has 0 aliphatic carbocycles. The van der Waals surface area contributed by atoms with Crippen LogP contribution in [0.1, 0.15) is 47.1 Å². The molecule has 0 saturated heterocycles. The Hall–Kier alpha value is -5.11. The Kier molecular flexibility index (Phi) is 8.82. The van der Waals surface area contributed by atoms with Gasteiger partial charge in [0.2, 0.25) is 11.0 Å². The molecule has 2 aromatic heterocycles. The number of carbonyl (C=O) groups excluding carboxylic acids is 1. The van der Waals surface area contributed by atoms with Gasteiger partial charge in [0.25, 0.3) is 11.6 Å². The average Bonchev–Trinajstić information content (AvgIpc) is 3.68. The first-order valence-corrected chi connectivity index (χ1v) is 14.5. The molecule has 1 amide bonds. The van der Waals surface area contributed by atoms with Crippen molar-refractivity contribution in [3.63, 3.8) is 0 Å². The summed E-state index contributed by atoms with van der Waals surface area (Å²) in [5, 5.41) is 36.7. The molecule has 1 unspecified atom stereocenters. The molecule has 14 heteroatoms. The first-order valence-electron chi connectivity index (χ1n) is 13.2. The summed E-state index contributed by atoms with van der Waals surface area (Å²) in [5.74, 6) is 0.901. The van der Waals surface area contributed by atoms with E-state index >= 15 is 0 Å². The molecule has 0 bridgehead atoms. The SMILES string of the molecule is CCCCc1nnc(S(=O)Cc2ccc([N+](=O)[O-])cc2)n1Cc1ccc(NC(=O)c2ccccc2-c2nn[nH]n2)cc1. The minimum absolute atomic E-state index is 0.0228. The number of hydrogen-bond acceptors (Lipinski definition) is 9. The quantitative estimate of drug-likeness (QED) is 0.160. The van der Waals surface area contributed by atoms with Crippen molar-refractivity contribution in [2.45, 2.75) is 43.6 Å². The third-order valence-electron chi connectivity index (χ3n) is 6.51. The smallest absolute Gasteiger partial charge is 0.269 e. The number of aromatic nitrogens is 7. The minimum atomic E-state index is -1.52. The van der Waals surface area contributed by atoms with Gasteiger partial charge in [-0.25, -0.2) is 0 Å². The number of rotatable bonds is 12. The lowest BCUT2D eigenvalue weighted by molar-refractivity contribution is -0.384. The fraction of sp³-hybridized carbons (Fsp3) is 0.214. The second-order valence-electron chi connectivity index (χ2n) is 9.43. The number of hydrogen-bond donors (Lipinski definition) is 2. The number of anilines is 1. The second-order valence-corrected chi connectivity index (χ2v) is 10.8. The average molecular weight is 586 g/mol. The number of aryl methyl sites for hydroxylation is 1. The third kappa shape index (κ3) is 6.61. The van der Waals surface area contributed by atoms with Gasteiger partial charge < -0.3 is 5.32 Å². The molecule has 2 N–H and O–H groups in total. The highest BCUT2D eigenvalue weighted by molar-refractivity contribution is 7.84. The summed E-state index contributed by atoms with van der Waals surface area (Å²) in [7, 11) is -1.52. The van der Waals surface area contributed by atoms with E-state index in [2.05, 4.69) is 43.1 Å². The van der Waals surface area contributed by atoms with Crippen molar-refractivity contribution in [1.82, 2.24) is 35.4 Å². The lowest BCUT2D eigenvalue weighted by atomic mass is 10.1. The second kappa shape index (κ2) is 13.0. The van der Waals surface area contributed by atoms with E-state index in [1.807, 2.05) is 16.7 Å². The van der Waals surface area contributed by atoms with Gasteiger partial charge in [-0.15, -0.1) is 20.4 Å². The Morgan fingerprint density at radius 1 is 1.00 bits per heavy atom. The van der Waals surface area contributed by atoms with Crippen LogP contribution < -0.4 is 5.32 Å². The molecule has 1 atom stereocenters. The van der Waals surface area contributed by atoms with Gasteiger partial charge in [-0.05, 0) is 41.0 Å². The highest BCUT2D eigenvalue weighted by atomic mass is 32.2. The van der Waals surface area contributed by atoms with Crippen molar-refractivity contribution in [1.29, 1.82) is 0 Å². The van der Waals surface area contributed by atoms with E-state index in [-0.39, 0.29) is 17.3 Å². The Morgan fingerprint density at radius 3 is 2.43 bits per heavy atom. The number of carbonyl (C=O) groups is 1. The van der Waals surface area contributed by atoms with Crippen molar-refractivity contribution in [3.05, 3.63) is 105 Å². The topological polar surface area (TPSA) is 174 Å². The molecule has 5 aromatic rings. The lowest BCUT2D eigenvalue weighted by Crippen LogP contribution is -2.14. The summed E-state index contributed by atoms with van der Waals surface area (Å²) < 4.78 is 15.2. The van der Waals surface area contributed by atoms with Crippen LogP contribution in [0.15, 0.2) is 78.0 Å². The zero-order valence-electron chi connectivity index (χ0n) is 22.6. The number of aromatic amines is 1. The Labute approximate surface area is 243 Å². The summed E-state index contributed by atoms with van der Waals surface area (Å²) in [4.78, 5) is 23.5. The Morgan fingerprint density at radius 2 is 1.74 bits per heavy atom. The van der Waals surface area contributed by atoms with Gasteiger partial charge >= 0.3 is 0 Å². The molecule has 0 aliphatic heterocycles. The van der Waals surface area contributed by atoms with Crippen LogP contribution in [0.2, 0.25) is 0 Å². The van der Waals surface area contributed by atoms with Gasteiger partial charge in [-0.3, -0.25) is 23.7 Å². The fourth-order valence-corrected chi connectivity index (χ4v) is 5.49. The monoisotopic (exact) mass is 585 g/mol. The van der Waals surface area contributed by atoms with E-state index in [1.165, 1.54) is 12.1 Å². The van der Waals surface area contributed by atoms with Crippen LogP contribution in [0.3, 0.4) is 0 Å². The van der Waals surface area contributed by atoms with E-state index in [0.29, 0.717) is 46.3 Å². The summed E-state index contributed by atoms with van der Waals surface area (Å²) in [6.07, 6.45) is 2.56. The molecule has 0 radical (unpaired) electrons. The number of tetrazole rings is 1. The minimum Gasteiger partial charge on any atom is -0.322 e. The van der Waals surface area contributed by atoms with Gasteiger partial charge in [-0.2, -0.15) is 5.21 Å². The maximum absolute atomic E-state index is 13.3. The molecule has 0 aliphatic rings. The third-order valence-corrected chi connectivity index (χ3v) is 7.81. The van der Waals surface area contributed by atoms with Crippen molar-refractivity contribution < 1.29 is 13.9 Å². The van der Waals surface area contributed by atoms with E-state index < -0.39 is 15.7 Å². The number of nitrogens with one attached hydrogen (secondary N) is 2. The maximum Gasteiger partial charge on any atom is 0.269 e. The molecule has 0 saturated carbocycles. The van der Waals surface area contributed by atoms with Crippen LogP contribution in [0, 0.1) is 10.1 Å². The van der Waals surface area contributed by atoms with Crippen LogP contribution in [0.5, 0.6) is 0 Å². The highest BCUT2D eigenvalue weighted by Crippen LogP contribution is 2.22. The highest BCUT2D eigenvalue weighted by Gasteiger charge is 2.19. The maximum atomic E-state index is 13.3. The normalized spacial score (nSPS) is 11.7. The molecule has 0 spiro atoms. The molecule has 214 valence electrons. The van der Waals surface area contributed by atoms with Crippen molar-refractivity contribution in [2.24, 2.45) is 0 Å². The van der Waals surface area contributed by atoms with E-state index in [0.717, 1.165) is 24.2 Å². The van der Waals surface area contributed by atoms with E-state index in [9.17, 15) is 19.1 Å². The number of amides is 1. The van der Waals surface area contributed by atoms with Crippen LogP contribution in [0.4, 0.5) is 11.4 Å². The predicted octanol–water partition coefficient (Wildman–Crippen LogP) is 4.32. The molecule has 42 heavy (non-hydrogen) atoms. The van der Waals surface area contributed by atoms with E-state index in [4.69, 9.17) is 0 Å². The van der Waals surface area contributed by atoms with Gasteiger partial charge in [0.1, 0.15) is 5.82 Å². The first-order chi connectivity index (χ1) is 20.4. The largest absolute Gasteiger partial charge is 0.322 e. The van der Waals surface area contributed by atoms with Crippen LogP contribution >= 0.6 is 0 Å².